The van der Waals surface area contributed by atoms with Gasteiger partial charge in [0.15, 0.2) is 16.1 Å². The molecular formula is C16H18O4S. The predicted molar refractivity (Wildman–Crippen MR) is 80.5 cm³/mol. The van der Waals surface area contributed by atoms with Crippen molar-refractivity contribution >= 4 is 9.84 Å². The van der Waals surface area contributed by atoms with Gasteiger partial charge in [0.25, 0.3) is 0 Å². The van der Waals surface area contributed by atoms with E-state index in [-0.39, 0.29) is 10.6 Å². The highest BCUT2D eigenvalue weighted by molar-refractivity contribution is 7.90. The van der Waals surface area contributed by atoms with E-state index in [0.29, 0.717) is 5.56 Å². The molecule has 0 unspecified atom stereocenters. The van der Waals surface area contributed by atoms with Crippen LogP contribution in [0.15, 0.2) is 59.5 Å². The summed E-state index contributed by atoms with van der Waals surface area (Å²) in [6, 6.07) is 15.8. The summed E-state index contributed by atoms with van der Waals surface area (Å²) in [5, 5.41) is 0. The minimum atomic E-state index is -3.47. The van der Waals surface area contributed by atoms with Crippen LogP contribution in [0.1, 0.15) is 17.4 Å². The highest BCUT2D eigenvalue weighted by Crippen LogP contribution is 2.27. The molecule has 0 N–H and O–H groups in total. The number of hydrogen-bond acceptors (Lipinski definition) is 4. The van der Waals surface area contributed by atoms with E-state index in [1.807, 2.05) is 18.2 Å². The van der Waals surface area contributed by atoms with Crippen molar-refractivity contribution in [1.82, 2.24) is 0 Å². The van der Waals surface area contributed by atoms with Crippen molar-refractivity contribution in [3.05, 3.63) is 65.7 Å². The van der Waals surface area contributed by atoms with Crippen LogP contribution in [0.4, 0.5) is 0 Å². The molecule has 0 atom stereocenters. The van der Waals surface area contributed by atoms with Crippen LogP contribution in [0.3, 0.4) is 0 Å². The van der Waals surface area contributed by atoms with Crippen LogP contribution in [0.25, 0.3) is 0 Å². The van der Waals surface area contributed by atoms with E-state index in [1.54, 1.807) is 36.4 Å². The van der Waals surface area contributed by atoms with Gasteiger partial charge in [-0.25, -0.2) is 8.42 Å². The molecule has 4 nitrogen and oxygen atoms in total. The molecule has 0 aliphatic carbocycles. The van der Waals surface area contributed by atoms with Crippen LogP contribution in [0.2, 0.25) is 0 Å². The van der Waals surface area contributed by atoms with Crippen LogP contribution in [-0.4, -0.2) is 22.6 Å². The van der Waals surface area contributed by atoms with E-state index in [0.717, 1.165) is 5.56 Å². The third-order valence-electron chi connectivity index (χ3n) is 3.14. The zero-order valence-electron chi connectivity index (χ0n) is 12.0. The van der Waals surface area contributed by atoms with Crippen LogP contribution in [0, 0.1) is 0 Å². The Kier molecular flexibility index (Phi) is 5.12. The van der Waals surface area contributed by atoms with E-state index in [1.165, 1.54) is 14.2 Å². The van der Waals surface area contributed by atoms with Gasteiger partial charge in [-0.15, -0.1) is 0 Å². The fraction of sp³-hybridized carbons (Fsp3) is 0.250. The molecule has 0 spiro atoms. The molecule has 0 heterocycles. The van der Waals surface area contributed by atoms with E-state index < -0.39 is 16.1 Å². The third-order valence-corrected chi connectivity index (χ3v) is 4.89. The Morgan fingerprint density at radius 3 is 2.10 bits per heavy atom. The summed E-state index contributed by atoms with van der Waals surface area (Å²) in [6.45, 7) is 0. The van der Waals surface area contributed by atoms with Crippen molar-refractivity contribution in [3.8, 4) is 0 Å². The molecule has 2 rings (SSSR count). The zero-order chi connectivity index (χ0) is 15.3. The predicted octanol–water partition coefficient (Wildman–Crippen LogP) is 2.95. The quantitative estimate of drug-likeness (QED) is 0.770. The van der Waals surface area contributed by atoms with Crippen molar-refractivity contribution in [2.45, 2.75) is 16.9 Å². The number of ether oxygens (including phenoxy) is 2. The maximum atomic E-state index is 12.6. The van der Waals surface area contributed by atoms with Crippen molar-refractivity contribution in [2.24, 2.45) is 0 Å². The highest BCUT2D eigenvalue weighted by atomic mass is 32.2. The largest absolute Gasteiger partial charge is 0.352 e. The fourth-order valence-electron chi connectivity index (χ4n) is 2.18. The molecule has 2 aromatic carbocycles. The molecule has 5 heteroatoms. The van der Waals surface area contributed by atoms with Crippen molar-refractivity contribution < 1.29 is 17.9 Å². The SMILES string of the molecule is COC(OC)c1ccccc1S(=O)(=O)Cc1ccccc1. The number of methoxy groups -OCH3 is 2. The van der Waals surface area contributed by atoms with E-state index in [4.69, 9.17) is 9.47 Å². The summed E-state index contributed by atoms with van der Waals surface area (Å²) in [5.41, 5.74) is 1.26. The van der Waals surface area contributed by atoms with Gasteiger partial charge < -0.3 is 9.47 Å². The molecule has 0 saturated carbocycles. The number of hydrogen-bond donors (Lipinski definition) is 0. The Balaban J connectivity index is 2.41. The Morgan fingerprint density at radius 2 is 1.48 bits per heavy atom. The van der Waals surface area contributed by atoms with Gasteiger partial charge in [-0.3, -0.25) is 0 Å². The van der Waals surface area contributed by atoms with Gasteiger partial charge in [-0.1, -0.05) is 48.5 Å². The zero-order valence-corrected chi connectivity index (χ0v) is 12.8. The lowest BCUT2D eigenvalue weighted by molar-refractivity contribution is -0.107. The first-order valence-electron chi connectivity index (χ1n) is 6.49. The summed E-state index contributed by atoms with van der Waals surface area (Å²) in [6.07, 6.45) is -0.702. The third kappa shape index (κ3) is 3.69. The minimum Gasteiger partial charge on any atom is -0.352 e. The normalized spacial score (nSPS) is 11.8. The van der Waals surface area contributed by atoms with Gasteiger partial charge in [-0.2, -0.15) is 0 Å². The number of sulfone groups is 1. The van der Waals surface area contributed by atoms with Crippen molar-refractivity contribution in [3.63, 3.8) is 0 Å². The highest BCUT2D eigenvalue weighted by Gasteiger charge is 2.23. The van der Waals surface area contributed by atoms with Gasteiger partial charge in [0.2, 0.25) is 0 Å². The number of rotatable bonds is 6. The fourth-order valence-corrected chi connectivity index (χ4v) is 3.78. The average molecular weight is 306 g/mol. The van der Waals surface area contributed by atoms with Crippen LogP contribution in [-0.2, 0) is 25.1 Å². The summed E-state index contributed by atoms with van der Waals surface area (Å²) < 4.78 is 35.7. The Hall–Kier alpha value is -1.69. The van der Waals surface area contributed by atoms with E-state index in [9.17, 15) is 8.42 Å². The standard InChI is InChI=1S/C16H18O4S/c1-19-16(20-2)14-10-6-7-11-15(14)21(17,18)12-13-8-4-3-5-9-13/h3-11,16H,12H2,1-2H3. The molecule has 0 aliphatic rings. The second kappa shape index (κ2) is 6.85. The molecule has 0 saturated heterocycles. The van der Waals surface area contributed by atoms with Gasteiger partial charge in [0, 0.05) is 19.8 Å². The van der Waals surface area contributed by atoms with Gasteiger partial charge in [0.1, 0.15) is 0 Å². The monoisotopic (exact) mass is 306 g/mol. The Morgan fingerprint density at radius 1 is 0.905 bits per heavy atom. The molecule has 112 valence electrons. The molecule has 0 aromatic heterocycles. The van der Waals surface area contributed by atoms with Gasteiger partial charge >= 0.3 is 0 Å². The van der Waals surface area contributed by atoms with Crippen molar-refractivity contribution in [1.29, 1.82) is 0 Å². The summed E-state index contributed by atoms with van der Waals surface area (Å²) in [5.74, 6) is -0.0506. The number of benzene rings is 2. The minimum absolute atomic E-state index is 0.0506. The molecule has 0 radical (unpaired) electrons. The van der Waals surface area contributed by atoms with E-state index in [2.05, 4.69) is 0 Å². The molecule has 0 bridgehead atoms. The molecule has 21 heavy (non-hydrogen) atoms. The second-order valence-corrected chi connectivity index (χ2v) is 6.54. The van der Waals surface area contributed by atoms with Crippen molar-refractivity contribution in [2.75, 3.05) is 14.2 Å². The summed E-state index contributed by atoms with van der Waals surface area (Å²) >= 11 is 0. The van der Waals surface area contributed by atoms with E-state index >= 15 is 0 Å². The summed E-state index contributed by atoms with van der Waals surface area (Å²) in [7, 11) is -0.507. The van der Waals surface area contributed by atoms with Crippen LogP contribution in [0.5, 0.6) is 0 Å². The summed E-state index contributed by atoms with van der Waals surface area (Å²) in [4.78, 5) is 0.238. The molecule has 2 aromatic rings. The lowest BCUT2D eigenvalue weighted by Gasteiger charge is -2.17. The van der Waals surface area contributed by atoms with Crippen LogP contribution >= 0.6 is 0 Å². The first kappa shape index (κ1) is 15.7. The maximum Gasteiger partial charge on any atom is 0.184 e. The van der Waals surface area contributed by atoms with Crippen LogP contribution < -0.4 is 0 Å². The van der Waals surface area contributed by atoms with Gasteiger partial charge in [0.05, 0.1) is 10.6 Å². The molecule has 0 amide bonds. The van der Waals surface area contributed by atoms with Gasteiger partial charge in [-0.05, 0) is 11.6 Å². The lowest BCUT2D eigenvalue weighted by atomic mass is 10.2. The Bertz CT molecular complexity index is 676. The molecule has 0 fully saturated rings. The maximum absolute atomic E-state index is 12.6. The lowest BCUT2D eigenvalue weighted by Crippen LogP contribution is -2.12. The first-order chi connectivity index (χ1) is 10.1. The second-order valence-electron chi connectivity index (χ2n) is 4.59. The Labute approximate surface area is 125 Å². The average Bonchev–Trinajstić information content (AvgIpc) is 2.49. The smallest absolute Gasteiger partial charge is 0.184 e. The first-order valence-corrected chi connectivity index (χ1v) is 8.15. The topological polar surface area (TPSA) is 52.6 Å². The molecular weight excluding hydrogens is 288 g/mol. The molecule has 0 aliphatic heterocycles.